The quantitative estimate of drug-likeness (QED) is 0.861. The Morgan fingerprint density at radius 1 is 1.20 bits per heavy atom. The van der Waals surface area contributed by atoms with Crippen LogP contribution in [0, 0.1) is 5.41 Å². The maximum Gasteiger partial charge on any atom is 0.238 e. The molecular weight excluding hydrogens is 276 g/mol. The fraction of sp³-hybridized carbons (Fsp3) is 0.500. The Kier molecular flexibility index (Phi) is 5.30. The summed E-state index contributed by atoms with van der Waals surface area (Å²) in [6.45, 7) is 6.80. The third-order valence-corrected chi connectivity index (χ3v) is 3.64. The fourth-order valence-corrected chi connectivity index (χ4v) is 2.07. The first-order valence-corrected chi connectivity index (χ1v) is 8.01. The van der Waals surface area contributed by atoms with Gasteiger partial charge in [-0.15, -0.1) is 0 Å². The van der Waals surface area contributed by atoms with Crippen LogP contribution in [0.4, 0.5) is 0 Å². The minimum Gasteiger partial charge on any atom is -0.356 e. The summed E-state index contributed by atoms with van der Waals surface area (Å²) in [7, 11) is -3.66. The van der Waals surface area contributed by atoms with Crippen LogP contribution in [0.3, 0.4) is 0 Å². The number of sulfonamides is 1. The van der Waals surface area contributed by atoms with Gasteiger partial charge in [0.05, 0.1) is 4.90 Å². The Morgan fingerprint density at radius 3 is 2.20 bits per heavy atom. The normalized spacial score (nSPS) is 12.2. The van der Waals surface area contributed by atoms with E-state index in [-0.39, 0.29) is 16.2 Å². The van der Waals surface area contributed by atoms with Crippen LogP contribution in [-0.2, 0) is 21.2 Å². The second-order valence-corrected chi connectivity index (χ2v) is 7.59. The van der Waals surface area contributed by atoms with E-state index in [2.05, 4.69) is 26.1 Å². The third kappa shape index (κ3) is 6.16. The maximum absolute atomic E-state index is 11.7. The smallest absolute Gasteiger partial charge is 0.238 e. The topological polar surface area (TPSA) is 89.3 Å². The average molecular weight is 298 g/mol. The summed E-state index contributed by atoms with van der Waals surface area (Å²) >= 11 is 0. The fourth-order valence-electron chi connectivity index (χ4n) is 1.56. The van der Waals surface area contributed by atoms with Gasteiger partial charge >= 0.3 is 0 Å². The highest BCUT2D eigenvalue weighted by atomic mass is 32.2. The van der Waals surface area contributed by atoms with Crippen LogP contribution in [0.1, 0.15) is 32.8 Å². The molecule has 0 atom stereocenters. The number of primary sulfonamides is 1. The van der Waals surface area contributed by atoms with Gasteiger partial charge in [-0.2, -0.15) is 0 Å². The molecule has 0 saturated carbocycles. The molecule has 1 aromatic rings. The number of carbonyl (C=O) groups is 1. The Balaban J connectivity index is 2.48. The monoisotopic (exact) mass is 298 g/mol. The Labute approximate surface area is 120 Å². The first-order chi connectivity index (χ1) is 9.08. The zero-order chi connectivity index (χ0) is 15.4. The third-order valence-electron chi connectivity index (χ3n) is 2.71. The molecule has 0 radical (unpaired) electrons. The molecule has 112 valence electrons. The Morgan fingerprint density at radius 2 is 1.75 bits per heavy atom. The molecule has 0 aliphatic carbocycles. The van der Waals surface area contributed by atoms with Crippen LogP contribution in [0.15, 0.2) is 29.2 Å². The highest BCUT2D eigenvalue weighted by Gasteiger charge is 2.12. The van der Waals surface area contributed by atoms with Gasteiger partial charge in [-0.3, -0.25) is 4.79 Å². The van der Waals surface area contributed by atoms with Crippen LogP contribution in [0.5, 0.6) is 0 Å². The second kappa shape index (κ2) is 6.37. The lowest BCUT2D eigenvalue weighted by atomic mass is 9.97. The van der Waals surface area contributed by atoms with Crippen LogP contribution in [0.25, 0.3) is 0 Å². The van der Waals surface area contributed by atoms with E-state index in [0.717, 1.165) is 5.56 Å². The van der Waals surface area contributed by atoms with Gasteiger partial charge in [0.2, 0.25) is 15.9 Å². The molecule has 5 nitrogen and oxygen atoms in total. The molecule has 20 heavy (non-hydrogen) atoms. The maximum atomic E-state index is 11.7. The average Bonchev–Trinajstić information content (AvgIpc) is 2.32. The second-order valence-electron chi connectivity index (χ2n) is 6.03. The number of nitrogens with one attached hydrogen (secondary N) is 1. The predicted octanol–water partition coefficient (Wildman–Crippen LogP) is 1.43. The van der Waals surface area contributed by atoms with Crippen molar-refractivity contribution in [1.82, 2.24) is 5.32 Å². The van der Waals surface area contributed by atoms with Gasteiger partial charge in [-0.05, 0) is 29.5 Å². The van der Waals surface area contributed by atoms with Gasteiger partial charge in [-0.1, -0.05) is 32.9 Å². The first kappa shape index (κ1) is 16.7. The number of aryl methyl sites for hydroxylation is 1. The molecule has 0 unspecified atom stereocenters. The number of nitrogens with two attached hydrogens (primary N) is 1. The van der Waals surface area contributed by atoms with E-state index in [0.29, 0.717) is 19.4 Å². The molecule has 0 aromatic heterocycles. The zero-order valence-corrected chi connectivity index (χ0v) is 13.0. The van der Waals surface area contributed by atoms with Gasteiger partial charge < -0.3 is 5.32 Å². The van der Waals surface area contributed by atoms with Gasteiger partial charge in [0.15, 0.2) is 0 Å². The molecule has 1 amide bonds. The standard InChI is InChI=1S/C14H22N2O3S/c1-14(2,3)10-16-13(17)9-6-11-4-7-12(8-5-11)20(15,18)19/h4-5,7-8H,6,9-10H2,1-3H3,(H,16,17)(H2,15,18,19). The van der Waals surface area contributed by atoms with Crippen molar-refractivity contribution in [2.24, 2.45) is 10.6 Å². The largest absolute Gasteiger partial charge is 0.356 e. The van der Waals surface area contributed by atoms with Crippen LogP contribution >= 0.6 is 0 Å². The summed E-state index contributed by atoms with van der Waals surface area (Å²) < 4.78 is 22.2. The van der Waals surface area contributed by atoms with Crippen molar-refractivity contribution in [3.63, 3.8) is 0 Å². The lowest BCUT2D eigenvalue weighted by Gasteiger charge is -2.18. The number of amides is 1. The van der Waals surface area contributed by atoms with E-state index in [1.165, 1.54) is 12.1 Å². The molecule has 1 aromatic carbocycles. The predicted molar refractivity (Wildman–Crippen MR) is 78.6 cm³/mol. The van der Waals surface area contributed by atoms with Crippen molar-refractivity contribution in [2.75, 3.05) is 6.54 Å². The summed E-state index contributed by atoms with van der Waals surface area (Å²) in [5, 5.41) is 7.89. The highest BCUT2D eigenvalue weighted by Crippen LogP contribution is 2.12. The molecule has 0 bridgehead atoms. The van der Waals surface area contributed by atoms with Gasteiger partial charge in [-0.25, -0.2) is 13.6 Å². The van der Waals surface area contributed by atoms with Crippen molar-refractivity contribution in [3.05, 3.63) is 29.8 Å². The van der Waals surface area contributed by atoms with E-state index in [1.54, 1.807) is 12.1 Å². The van der Waals surface area contributed by atoms with Crippen LogP contribution < -0.4 is 10.5 Å². The van der Waals surface area contributed by atoms with Crippen molar-refractivity contribution < 1.29 is 13.2 Å². The molecule has 0 fully saturated rings. The number of rotatable bonds is 5. The molecule has 1 rings (SSSR count). The molecule has 0 spiro atoms. The van der Waals surface area contributed by atoms with Crippen LogP contribution in [-0.4, -0.2) is 20.9 Å². The van der Waals surface area contributed by atoms with E-state index >= 15 is 0 Å². The summed E-state index contributed by atoms with van der Waals surface area (Å²) in [5.74, 6) is -0.00421. The van der Waals surface area contributed by atoms with Gasteiger partial charge in [0.1, 0.15) is 0 Å². The number of benzene rings is 1. The van der Waals surface area contributed by atoms with Crippen molar-refractivity contribution in [3.8, 4) is 0 Å². The van der Waals surface area contributed by atoms with E-state index < -0.39 is 10.0 Å². The van der Waals surface area contributed by atoms with Crippen molar-refractivity contribution >= 4 is 15.9 Å². The number of hydrogen-bond acceptors (Lipinski definition) is 3. The Hall–Kier alpha value is -1.40. The summed E-state index contributed by atoms with van der Waals surface area (Å²) in [6.07, 6.45) is 0.950. The van der Waals surface area contributed by atoms with E-state index in [4.69, 9.17) is 5.14 Å². The molecule has 0 heterocycles. The molecule has 0 saturated heterocycles. The zero-order valence-electron chi connectivity index (χ0n) is 12.1. The molecule has 0 aliphatic rings. The summed E-state index contributed by atoms with van der Waals surface area (Å²) in [6, 6.07) is 6.27. The summed E-state index contributed by atoms with van der Waals surface area (Å²) in [4.78, 5) is 11.7. The lowest BCUT2D eigenvalue weighted by Crippen LogP contribution is -2.32. The number of carbonyl (C=O) groups excluding carboxylic acids is 1. The molecule has 6 heteroatoms. The first-order valence-electron chi connectivity index (χ1n) is 6.46. The summed E-state index contributed by atoms with van der Waals surface area (Å²) in [5.41, 5.74) is 0.968. The van der Waals surface area contributed by atoms with Gasteiger partial charge in [0, 0.05) is 13.0 Å². The number of hydrogen-bond donors (Lipinski definition) is 2. The molecule has 0 aliphatic heterocycles. The minimum absolute atomic E-state index is 0.00421. The van der Waals surface area contributed by atoms with E-state index in [9.17, 15) is 13.2 Å². The lowest BCUT2D eigenvalue weighted by molar-refractivity contribution is -0.121. The minimum atomic E-state index is -3.66. The van der Waals surface area contributed by atoms with Crippen LogP contribution in [0.2, 0.25) is 0 Å². The van der Waals surface area contributed by atoms with Crippen molar-refractivity contribution in [2.45, 2.75) is 38.5 Å². The molecular formula is C14H22N2O3S. The molecule has 3 N–H and O–H groups in total. The highest BCUT2D eigenvalue weighted by molar-refractivity contribution is 7.89. The van der Waals surface area contributed by atoms with Gasteiger partial charge in [0.25, 0.3) is 0 Å². The van der Waals surface area contributed by atoms with Crippen molar-refractivity contribution in [1.29, 1.82) is 0 Å². The van der Waals surface area contributed by atoms with E-state index in [1.807, 2.05) is 0 Å². The Bertz CT molecular complexity index is 557. The SMILES string of the molecule is CC(C)(C)CNC(=O)CCc1ccc(S(N)(=O)=O)cc1.